The molecule has 2 heterocycles. The second kappa shape index (κ2) is 6.26. The van der Waals surface area contributed by atoms with Crippen molar-refractivity contribution in [3.05, 3.63) is 59.9 Å². The number of nitrogens with one attached hydrogen (secondary N) is 3. The quantitative estimate of drug-likeness (QED) is 0.634. The van der Waals surface area contributed by atoms with E-state index >= 15 is 0 Å². The first-order valence-corrected chi connectivity index (χ1v) is 9.38. The van der Waals surface area contributed by atoms with E-state index in [0.29, 0.717) is 11.4 Å². The fraction of sp³-hybridized carbons (Fsp3) is 0.118. The summed E-state index contributed by atoms with van der Waals surface area (Å²) in [5.74, 6) is 0.486. The summed E-state index contributed by atoms with van der Waals surface area (Å²) in [6, 6.07) is 14.1. The molecule has 4 rings (SSSR count). The lowest BCUT2D eigenvalue weighted by atomic mass is 10.2. The molecule has 0 saturated heterocycles. The van der Waals surface area contributed by atoms with E-state index in [1.54, 1.807) is 18.2 Å². The first kappa shape index (κ1) is 16.3. The molecule has 0 saturated carbocycles. The Morgan fingerprint density at radius 2 is 1.88 bits per heavy atom. The number of aromatic amines is 1. The average Bonchev–Trinajstić information content (AvgIpc) is 3.17. The molecule has 3 N–H and O–H groups in total. The van der Waals surface area contributed by atoms with E-state index in [-0.39, 0.29) is 29.7 Å². The predicted molar refractivity (Wildman–Crippen MR) is 96.1 cm³/mol. The summed E-state index contributed by atoms with van der Waals surface area (Å²) in [6.45, 7) is 0.0487. The van der Waals surface area contributed by atoms with Crippen LogP contribution in [0.2, 0.25) is 0 Å². The van der Waals surface area contributed by atoms with Crippen LogP contribution in [0.15, 0.2) is 58.4 Å². The van der Waals surface area contributed by atoms with Gasteiger partial charge in [0.15, 0.2) is 0 Å². The number of nitrogens with zero attached hydrogens (tertiary/aromatic N) is 2. The van der Waals surface area contributed by atoms with Crippen LogP contribution >= 0.6 is 0 Å². The van der Waals surface area contributed by atoms with Gasteiger partial charge in [-0.1, -0.05) is 24.3 Å². The Kier molecular flexibility index (Phi) is 3.92. The van der Waals surface area contributed by atoms with Crippen LogP contribution in [-0.2, 0) is 21.4 Å². The van der Waals surface area contributed by atoms with E-state index in [0.717, 1.165) is 11.0 Å². The zero-order valence-corrected chi connectivity index (χ0v) is 14.4. The third kappa shape index (κ3) is 3.04. The minimum Gasteiger partial charge on any atom is -0.347 e. The van der Waals surface area contributed by atoms with Crippen molar-refractivity contribution in [1.29, 1.82) is 0 Å². The zero-order chi connectivity index (χ0) is 18.1. The SMILES string of the molecule is O=C(CN=C1NS(=O)(=O)c2ccccc21)NCc1nc2ccccc2[nH]1. The van der Waals surface area contributed by atoms with E-state index in [1.165, 1.54) is 6.07 Å². The molecule has 1 aliphatic heterocycles. The lowest BCUT2D eigenvalue weighted by molar-refractivity contribution is -0.119. The van der Waals surface area contributed by atoms with Crippen LogP contribution in [0.25, 0.3) is 11.0 Å². The molecule has 9 heteroatoms. The van der Waals surface area contributed by atoms with Crippen molar-refractivity contribution in [2.45, 2.75) is 11.4 Å². The van der Waals surface area contributed by atoms with Gasteiger partial charge in [-0.2, -0.15) is 0 Å². The maximum atomic E-state index is 12.0. The Balaban J connectivity index is 1.42. The van der Waals surface area contributed by atoms with Gasteiger partial charge in [0.05, 0.1) is 22.5 Å². The van der Waals surface area contributed by atoms with Gasteiger partial charge in [0.1, 0.15) is 18.2 Å². The van der Waals surface area contributed by atoms with Crippen molar-refractivity contribution >= 4 is 32.8 Å². The molecule has 26 heavy (non-hydrogen) atoms. The normalized spacial score (nSPS) is 16.4. The minimum atomic E-state index is -3.60. The largest absolute Gasteiger partial charge is 0.347 e. The molecule has 3 aromatic rings. The van der Waals surface area contributed by atoms with Crippen molar-refractivity contribution in [1.82, 2.24) is 20.0 Å². The molecule has 1 amide bonds. The first-order chi connectivity index (χ1) is 12.5. The second-order valence-corrected chi connectivity index (χ2v) is 7.39. The summed E-state index contributed by atoms with van der Waals surface area (Å²) >= 11 is 0. The van der Waals surface area contributed by atoms with Crippen molar-refractivity contribution in [2.75, 3.05) is 6.54 Å². The molecule has 0 bridgehead atoms. The Morgan fingerprint density at radius 3 is 2.73 bits per heavy atom. The standard InChI is InChI=1S/C17H15N5O3S/c23-16(18-9-15-20-12-6-2-3-7-13(12)21-15)10-19-17-11-5-1-4-8-14(11)26(24,25)22-17/h1-8H,9-10H2,(H,18,23)(H,19,22)(H,20,21). The maximum absolute atomic E-state index is 12.0. The highest BCUT2D eigenvalue weighted by atomic mass is 32.2. The molecule has 0 unspecified atom stereocenters. The highest BCUT2D eigenvalue weighted by molar-refractivity contribution is 7.90. The second-order valence-electron chi connectivity index (χ2n) is 5.74. The number of rotatable bonds is 4. The van der Waals surface area contributed by atoms with Gasteiger partial charge < -0.3 is 10.3 Å². The number of sulfonamides is 1. The van der Waals surface area contributed by atoms with Gasteiger partial charge in [-0.3, -0.25) is 14.5 Å². The highest BCUT2D eigenvalue weighted by Crippen LogP contribution is 2.21. The Hall–Kier alpha value is -3.20. The third-order valence-electron chi connectivity index (χ3n) is 3.93. The van der Waals surface area contributed by atoms with E-state index in [4.69, 9.17) is 0 Å². The van der Waals surface area contributed by atoms with Crippen molar-refractivity contribution < 1.29 is 13.2 Å². The van der Waals surface area contributed by atoms with Crippen LogP contribution in [0.3, 0.4) is 0 Å². The van der Waals surface area contributed by atoms with E-state index in [1.807, 2.05) is 24.3 Å². The van der Waals surface area contributed by atoms with Crippen LogP contribution in [0.5, 0.6) is 0 Å². The number of para-hydroxylation sites is 2. The monoisotopic (exact) mass is 369 g/mol. The van der Waals surface area contributed by atoms with Gasteiger partial charge >= 0.3 is 0 Å². The van der Waals surface area contributed by atoms with Gasteiger partial charge in [-0.05, 0) is 24.3 Å². The number of amides is 1. The molecule has 0 radical (unpaired) electrons. The summed E-state index contributed by atoms with van der Waals surface area (Å²) in [5.41, 5.74) is 2.19. The lowest BCUT2D eigenvalue weighted by Gasteiger charge is -2.02. The number of imidazole rings is 1. The molecular formula is C17H15N5O3S. The molecule has 0 spiro atoms. The van der Waals surface area contributed by atoms with Crippen LogP contribution in [0, 0.1) is 0 Å². The molecule has 0 aliphatic carbocycles. The molecule has 0 fully saturated rings. The van der Waals surface area contributed by atoms with Gasteiger partial charge in [0.25, 0.3) is 10.0 Å². The summed E-state index contributed by atoms with van der Waals surface area (Å²) in [7, 11) is -3.60. The van der Waals surface area contributed by atoms with Gasteiger partial charge in [-0.25, -0.2) is 13.4 Å². The summed E-state index contributed by atoms with van der Waals surface area (Å²) < 4.78 is 26.4. The van der Waals surface area contributed by atoms with Gasteiger partial charge in [0, 0.05) is 5.56 Å². The molecule has 2 aromatic carbocycles. The highest BCUT2D eigenvalue weighted by Gasteiger charge is 2.30. The number of aromatic nitrogens is 2. The number of aliphatic imine (C=N–C) groups is 1. The lowest BCUT2D eigenvalue weighted by Crippen LogP contribution is -2.28. The van der Waals surface area contributed by atoms with Crippen molar-refractivity contribution in [2.24, 2.45) is 4.99 Å². The third-order valence-corrected chi connectivity index (χ3v) is 5.33. The number of amidine groups is 1. The van der Waals surface area contributed by atoms with E-state index in [2.05, 4.69) is 25.0 Å². The van der Waals surface area contributed by atoms with Crippen molar-refractivity contribution in [3.63, 3.8) is 0 Å². The Morgan fingerprint density at radius 1 is 1.12 bits per heavy atom. The maximum Gasteiger partial charge on any atom is 0.263 e. The number of fused-ring (bicyclic) bond motifs is 2. The number of hydrogen-bond acceptors (Lipinski definition) is 5. The van der Waals surface area contributed by atoms with Crippen LogP contribution in [-0.4, -0.2) is 36.7 Å². The first-order valence-electron chi connectivity index (χ1n) is 7.90. The molecule has 8 nitrogen and oxygen atoms in total. The summed E-state index contributed by atoms with van der Waals surface area (Å²) in [4.78, 5) is 23.8. The zero-order valence-electron chi connectivity index (χ0n) is 13.6. The molecule has 1 aliphatic rings. The van der Waals surface area contributed by atoms with Gasteiger partial charge in [0.2, 0.25) is 5.91 Å². The van der Waals surface area contributed by atoms with Crippen molar-refractivity contribution in [3.8, 4) is 0 Å². The molecule has 132 valence electrons. The number of carbonyl (C=O) groups is 1. The fourth-order valence-corrected chi connectivity index (χ4v) is 3.98. The van der Waals surface area contributed by atoms with Crippen LogP contribution in [0.1, 0.15) is 11.4 Å². The predicted octanol–water partition coefficient (Wildman–Crippen LogP) is 0.918. The summed E-state index contributed by atoms with van der Waals surface area (Å²) in [5, 5.41) is 2.71. The Labute approximate surface area is 149 Å². The van der Waals surface area contributed by atoms with Gasteiger partial charge in [-0.15, -0.1) is 0 Å². The average molecular weight is 369 g/mol. The number of hydrogen-bond donors (Lipinski definition) is 3. The molecule has 0 atom stereocenters. The van der Waals surface area contributed by atoms with Crippen LogP contribution in [0.4, 0.5) is 0 Å². The minimum absolute atomic E-state index is 0.168. The van der Waals surface area contributed by atoms with E-state index in [9.17, 15) is 13.2 Å². The van der Waals surface area contributed by atoms with Crippen LogP contribution < -0.4 is 10.0 Å². The summed E-state index contributed by atoms with van der Waals surface area (Å²) in [6.07, 6.45) is 0. The topological polar surface area (TPSA) is 116 Å². The number of carbonyl (C=O) groups excluding carboxylic acids is 1. The molecule has 1 aromatic heterocycles. The molecular weight excluding hydrogens is 354 g/mol. The number of H-pyrrole nitrogens is 1. The fourth-order valence-electron chi connectivity index (χ4n) is 2.73. The smallest absolute Gasteiger partial charge is 0.263 e. The Bertz CT molecular complexity index is 1100. The van der Waals surface area contributed by atoms with E-state index < -0.39 is 10.0 Å². The number of benzene rings is 2.